The molecule has 0 spiro atoms. The number of benzene rings is 1. The minimum atomic E-state index is -1.05. The molecule has 1 fully saturated rings. The summed E-state index contributed by atoms with van der Waals surface area (Å²) in [5.41, 5.74) is 6.46. The van der Waals surface area contributed by atoms with Crippen molar-refractivity contribution in [3.63, 3.8) is 0 Å². The van der Waals surface area contributed by atoms with Crippen LogP contribution in [0.2, 0.25) is 0 Å². The number of hydrogen-bond acceptors (Lipinski definition) is 6. The Kier molecular flexibility index (Phi) is 14.9. The molecule has 0 aromatic heterocycles. The summed E-state index contributed by atoms with van der Waals surface area (Å²) in [5.74, 6) is -0.919. The van der Waals surface area contributed by atoms with Crippen molar-refractivity contribution in [2.45, 2.75) is 44.8 Å². The summed E-state index contributed by atoms with van der Waals surface area (Å²) in [6.07, 6.45) is 10.6. The standard InChI is InChI=1S/C15H22N2O4.C4H9NO.C2H2/c1-11-5-7-12(8-6-11)21-10-14(18)17-13(15(19)20)4-2-3-9-16;6-4-1-2-5-3-4;1-2/h5-8,13H,2-4,9-10,16H2,1H3,(H,17,18)(H,19,20);4-6H,1-3H2;1-2H/t13-;4-;/m01./s1. The molecule has 2 rings (SSSR count). The molecule has 1 heterocycles. The Hall–Kier alpha value is -2.60. The van der Waals surface area contributed by atoms with Crippen molar-refractivity contribution in [2.24, 2.45) is 5.73 Å². The molecule has 1 aromatic rings. The van der Waals surface area contributed by atoms with Gasteiger partial charge in [-0.2, -0.15) is 0 Å². The van der Waals surface area contributed by atoms with E-state index in [-0.39, 0.29) is 12.7 Å². The van der Waals surface area contributed by atoms with E-state index in [1.54, 1.807) is 12.1 Å². The van der Waals surface area contributed by atoms with Crippen LogP contribution in [-0.4, -0.2) is 60.5 Å². The van der Waals surface area contributed by atoms with E-state index in [4.69, 9.17) is 20.7 Å². The Bertz CT molecular complexity index is 598. The third kappa shape index (κ3) is 13.2. The van der Waals surface area contributed by atoms with Gasteiger partial charge in [-0.05, 0) is 57.8 Å². The first-order valence-corrected chi connectivity index (χ1v) is 9.56. The molecule has 0 unspecified atom stereocenters. The first kappa shape index (κ1) is 26.4. The van der Waals surface area contributed by atoms with Gasteiger partial charge in [0.05, 0.1) is 6.10 Å². The smallest absolute Gasteiger partial charge is 0.326 e. The van der Waals surface area contributed by atoms with Gasteiger partial charge in [0.25, 0.3) is 5.91 Å². The normalized spacial score (nSPS) is 15.7. The SMILES string of the molecule is C#C.Cc1ccc(OCC(=O)N[C@@H](CCCCN)C(=O)O)cc1.O[C@@H]1CCNC1. The highest BCUT2D eigenvalue weighted by molar-refractivity contribution is 5.84. The number of terminal acetylenes is 1. The Balaban J connectivity index is 0.000000818. The first-order valence-electron chi connectivity index (χ1n) is 9.56. The van der Waals surface area contributed by atoms with E-state index < -0.39 is 17.9 Å². The summed E-state index contributed by atoms with van der Waals surface area (Å²) < 4.78 is 5.30. The highest BCUT2D eigenvalue weighted by atomic mass is 16.5. The lowest BCUT2D eigenvalue weighted by molar-refractivity contribution is -0.142. The molecule has 0 aliphatic carbocycles. The predicted octanol–water partition coefficient (Wildman–Crippen LogP) is 0.662. The van der Waals surface area contributed by atoms with Crippen LogP contribution in [0.25, 0.3) is 0 Å². The van der Waals surface area contributed by atoms with Crippen LogP contribution in [-0.2, 0) is 9.59 Å². The lowest BCUT2D eigenvalue weighted by Gasteiger charge is -2.14. The van der Waals surface area contributed by atoms with Gasteiger partial charge in [0.2, 0.25) is 0 Å². The fourth-order valence-electron chi connectivity index (χ4n) is 2.41. The number of aliphatic hydroxyl groups excluding tert-OH is 1. The van der Waals surface area contributed by atoms with E-state index in [1.807, 2.05) is 19.1 Å². The fraction of sp³-hybridized carbons (Fsp3) is 0.524. The Morgan fingerprint density at radius 2 is 1.97 bits per heavy atom. The van der Waals surface area contributed by atoms with Crippen molar-refractivity contribution in [1.29, 1.82) is 0 Å². The molecule has 162 valence electrons. The van der Waals surface area contributed by atoms with Crippen LogP contribution in [0.5, 0.6) is 5.75 Å². The maximum atomic E-state index is 11.7. The third-order valence-corrected chi connectivity index (χ3v) is 4.01. The maximum Gasteiger partial charge on any atom is 0.326 e. The monoisotopic (exact) mass is 407 g/mol. The van der Waals surface area contributed by atoms with Crippen LogP contribution in [0, 0.1) is 19.8 Å². The van der Waals surface area contributed by atoms with Crippen LogP contribution in [0.4, 0.5) is 0 Å². The number of aliphatic hydroxyl groups is 1. The number of nitrogens with one attached hydrogen (secondary N) is 2. The lowest BCUT2D eigenvalue weighted by atomic mass is 10.1. The van der Waals surface area contributed by atoms with Crippen LogP contribution < -0.4 is 21.1 Å². The summed E-state index contributed by atoms with van der Waals surface area (Å²) in [7, 11) is 0. The van der Waals surface area contributed by atoms with Gasteiger partial charge in [0.1, 0.15) is 11.8 Å². The number of ether oxygens (including phenoxy) is 1. The average molecular weight is 408 g/mol. The number of aliphatic carboxylic acids is 1. The van der Waals surface area contributed by atoms with Gasteiger partial charge < -0.3 is 31.3 Å². The number of β-amino-alcohol motifs (C(OH)–C–C–N with tert-alkyl or cyclic N) is 1. The van der Waals surface area contributed by atoms with Gasteiger partial charge in [0.15, 0.2) is 6.61 Å². The molecular formula is C21H33N3O5. The molecule has 8 nitrogen and oxygen atoms in total. The van der Waals surface area contributed by atoms with E-state index in [9.17, 15) is 9.59 Å². The second kappa shape index (κ2) is 16.4. The zero-order chi connectivity index (χ0) is 22.1. The van der Waals surface area contributed by atoms with Gasteiger partial charge in [0, 0.05) is 6.54 Å². The average Bonchev–Trinajstić information content (AvgIpc) is 3.20. The molecule has 0 radical (unpaired) electrons. The number of hydrogen-bond donors (Lipinski definition) is 5. The second-order valence-corrected chi connectivity index (χ2v) is 6.49. The van der Waals surface area contributed by atoms with Crippen LogP contribution in [0.15, 0.2) is 24.3 Å². The second-order valence-electron chi connectivity index (χ2n) is 6.49. The van der Waals surface area contributed by atoms with Gasteiger partial charge in [-0.25, -0.2) is 4.79 Å². The van der Waals surface area contributed by atoms with E-state index in [1.165, 1.54) is 0 Å². The number of nitrogens with two attached hydrogens (primary N) is 1. The zero-order valence-electron chi connectivity index (χ0n) is 17.0. The molecule has 29 heavy (non-hydrogen) atoms. The van der Waals surface area contributed by atoms with Crippen LogP contribution >= 0.6 is 0 Å². The van der Waals surface area contributed by atoms with Gasteiger partial charge in [-0.15, -0.1) is 12.8 Å². The first-order chi connectivity index (χ1) is 13.9. The summed E-state index contributed by atoms with van der Waals surface area (Å²) in [5, 5.41) is 23.2. The minimum absolute atomic E-state index is 0.0648. The molecule has 1 saturated heterocycles. The van der Waals surface area contributed by atoms with E-state index in [0.717, 1.165) is 31.5 Å². The van der Waals surface area contributed by atoms with E-state index >= 15 is 0 Å². The van der Waals surface area contributed by atoms with Crippen molar-refractivity contribution in [3.05, 3.63) is 29.8 Å². The van der Waals surface area contributed by atoms with E-state index in [0.29, 0.717) is 25.1 Å². The Labute approximate surface area is 172 Å². The number of carbonyl (C=O) groups is 2. The number of aryl methyl sites for hydroxylation is 1. The predicted molar refractivity (Wildman–Crippen MR) is 113 cm³/mol. The van der Waals surface area contributed by atoms with Crippen molar-refractivity contribution >= 4 is 11.9 Å². The molecule has 6 N–H and O–H groups in total. The fourth-order valence-corrected chi connectivity index (χ4v) is 2.41. The summed E-state index contributed by atoms with van der Waals surface area (Å²) in [6, 6.07) is 6.38. The number of carbonyl (C=O) groups excluding carboxylic acids is 1. The molecule has 1 aliphatic heterocycles. The Morgan fingerprint density at radius 1 is 1.31 bits per heavy atom. The summed E-state index contributed by atoms with van der Waals surface area (Å²) >= 11 is 0. The minimum Gasteiger partial charge on any atom is -0.484 e. The van der Waals surface area contributed by atoms with Gasteiger partial charge in [-0.1, -0.05) is 17.7 Å². The zero-order valence-corrected chi connectivity index (χ0v) is 17.0. The molecule has 0 saturated carbocycles. The third-order valence-electron chi connectivity index (χ3n) is 4.01. The van der Waals surface area contributed by atoms with E-state index in [2.05, 4.69) is 23.5 Å². The molecule has 1 aliphatic rings. The van der Waals surface area contributed by atoms with Crippen molar-refractivity contribution in [3.8, 4) is 18.6 Å². The number of rotatable bonds is 9. The van der Waals surface area contributed by atoms with Crippen molar-refractivity contribution in [1.82, 2.24) is 10.6 Å². The highest BCUT2D eigenvalue weighted by Crippen LogP contribution is 2.11. The highest BCUT2D eigenvalue weighted by Gasteiger charge is 2.19. The molecule has 1 aromatic carbocycles. The summed E-state index contributed by atoms with van der Waals surface area (Å²) in [4.78, 5) is 22.8. The van der Waals surface area contributed by atoms with Crippen LogP contribution in [0.1, 0.15) is 31.2 Å². The summed E-state index contributed by atoms with van der Waals surface area (Å²) in [6.45, 7) is 4.04. The number of carboxylic acids is 1. The molecule has 0 bridgehead atoms. The van der Waals surface area contributed by atoms with Crippen molar-refractivity contribution in [2.75, 3.05) is 26.2 Å². The molecule has 8 heteroatoms. The van der Waals surface area contributed by atoms with Gasteiger partial charge in [-0.3, -0.25) is 4.79 Å². The molecule has 1 amide bonds. The van der Waals surface area contributed by atoms with Gasteiger partial charge >= 0.3 is 5.97 Å². The van der Waals surface area contributed by atoms with Crippen molar-refractivity contribution < 1.29 is 24.5 Å². The Morgan fingerprint density at radius 3 is 2.41 bits per heavy atom. The quantitative estimate of drug-likeness (QED) is 0.300. The topological polar surface area (TPSA) is 134 Å². The molecule has 2 atom stereocenters. The number of unbranched alkanes of at least 4 members (excludes halogenated alkanes) is 1. The number of carboxylic acid groups (broad SMARTS) is 1. The lowest BCUT2D eigenvalue weighted by Crippen LogP contribution is -2.43. The van der Waals surface area contributed by atoms with Crippen LogP contribution in [0.3, 0.4) is 0 Å². The molecular weight excluding hydrogens is 374 g/mol. The largest absolute Gasteiger partial charge is 0.484 e. The number of amides is 1. The maximum absolute atomic E-state index is 11.7.